The van der Waals surface area contributed by atoms with E-state index in [-0.39, 0.29) is 32.0 Å². The molecule has 220 valence electrons. The normalized spacial score (nSPS) is 13.3. The lowest BCUT2D eigenvalue weighted by atomic mass is 9.88. The molecule has 0 radical (unpaired) electrons. The molecule has 0 heterocycles. The third-order valence-corrected chi connectivity index (χ3v) is 7.16. The first-order valence-corrected chi connectivity index (χ1v) is 15.2. The molecule has 0 aliphatic carbocycles. The van der Waals surface area contributed by atoms with Crippen LogP contribution in [0.2, 0.25) is 0 Å². The number of aliphatic hydroxyl groups excluding tert-OH is 5. The third-order valence-electron chi connectivity index (χ3n) is 7.16. The molecular weight excluding hydrogens is 456 g/mol. The number of aliphatic hydroxyl groups is 5. The number of rotatable bonds is 26. The molecule has 0 aliphatic heterocycles. The van der Waals surface area contributed by atoms with Crippen molar-refractivity contribution in [3.63, 3.8) is 0 Å². The first kappa shape index (κ1) is 37.9. The summed E-state index contributed by atoms with van der Waals surface area (Å²) in [6, 6.07) is 0. The Morgan fingerprint density at radius 2 is 0.806 bits per heavy atom. The van der Waals surface area contributed by atoms with Gasteiger partial charge in [0.2, 0.25) is 0 Å². The Kier molecular flexibility index (Phi) is 30.9. The topological polar surface area (TPSA) is 110 Å². The lowest BCUT2D eigenvalue weighted by molar-refractivity contribution is -0.0129. The van der Waals surface area contributed by atoms with Gasteiger partial charge in [0, 0.05) is 5.41 Å². The molecular formula is C30H64O6. The first-order chi connectivity index (χ1) is 17.4. The smallest absolute Gasteiger partial charge is 0.0773 e. The molecule has 0 saturated carbocycles. The zero-order valence-electron chi connectivity index (χ0n) is 24.3. The highest BCUT2D eigenvalue weighted by molar-refractivity contribution is 4.74. The second-order valence-corrected chi connectivity index (χ2v) is 10.7. The van der Waals surface area contributed by atoms with Crippen molar-refractivity contribution in [2.75, 3.05) is 33.0 Å². The molecule has 0 amide bonds. The number of hydrogen-bond donors (Lipinski definition) is 5. The number of unbranched alkanes of at least 4 members (excludes halogenated alkanes) is 14. The van der Waals surface area contributed by atoms with Crippen LogP contribution < -0.4 is 0 Å². The Morgan fingerprint density at radius 3 is 1.06 bits per heavy atom. The summed E-state index contributed by atoms with van der Waals surface area (Å²) in [5.41, 5.74) is -0.667. The van der Waals surface area contributed by atoms with E-state index in [4.69, 9.17) is 20.1 Å². The zero-order valence-corrected chi connectivity index (χ0v) is 24.3. The Balaban J connectivity index is 0. The van der Waals surface area contributed by atoms with Crippen LogP contribution in [0.15, 0.2) is 0 Å². The van der Waals surface area contributed by atoms with Crippen LogP contribution in [0, 0.1) is 5.41 Å². The van der Waals surface area contributed by atoms with E-state index in [1.165, 1.54) is 89.9 Å². The summed E-state index contributed by atoms with van der Waals surface area (Å²) in [6.07, 6.45) is 22.1. The molecule has 6 heteroatoms. The predicted octanol–water partition coefficient (Wildman–Crippen LogP) is 6.15. The summed E-state index contributed by atoms with van der Waals surface area (Å²) in [6.45, 7) is 6.58. The molecule has 2 atom stereocenters. The largest absolute Gasteiger partial charge is 0.396 e. The quantitative estimate of drug-likeness (QED) is 0.0876. The second-order valence-electron chi connectivity index (χ2n) is 10.7. The lowest BCUT2D eigenvalue weighted by Crippen LogP contribution is -2.32. The summed E-state index contributed by atoms with van der Waals surface area (Å²) in [5.74, 6) is 0. The summed E-state index contributed by atoms with van der Waals surface area (Å²) in [4.78, 5) is 0. The maximum Gasteiger partial charge on any atom is 0.0773 e. The molecule has 0 bridgehead atoms. The van der Waals surface area contributed by atoms with Crippen LogP contribution >= 0.6 is 0 Å². The van der Waals surface area contributed by atoms with Gasteiger partial charge in [-0.15, -0.1) is 0 Å². The molecule has 2 unspecified atom stereocenters. The van der Waals surface area contributed by atoms with Gasteiger partial charge >= 0.3 is 0 Å². The standard InChI is InChI=1S/C24H50O3.C6H14O3/c1-3-5-7-9-11-13-15-17-19-23(25)21-27-22-24(26)20-18-16-14-12-10-8-6-4-2;1-2-6(3-7,4-8)5-9/h23-26H,3-22H2,1-2H3;7-9H,2-5H2,1H3. The average Bonchev–Trinajstić information content (AvgIpc) is 2.89. The monoisotopic (exact) mass is 520 g/mol. The van der Waals surface area contributed by atoms with Crippen LogP contribution in [0.3, 0.4) is 0 Å². The first-order valence-electron chi connectivity index (χ1n) is 15.2. The maximum atomic E-state index is 9.96. The van der Waals surface area contributed by atoms with E-state index in [0.717, 1.165) is 25.7 Å². The van der Waals surface area contributed by atoms with Crippen LogP contribution in [-0.2, 0) is 4.74 Å². The highest BCUT2D eigenvalue weighted by Crippen LogP contribution is 2.18. The van der Waals surface area contributed by atoms with Gasteiger partial charge in [0.1, 0.15) is 0 Å². The van der Waals surface area contributed by atoms with E-state index in [2.05, 4.69) is 13.8 Å². The van der Waals surface area contributed by atoms with Gasteiger partial charge in [-0.2, -0.15) is 0 Å². The van der Waals surface area contributed by atoms with Crippen molar-refractivity contribution in [2.24, 2.45) is 5.41 Å². The van der Waals surface area contributed by atoms with E-state index in [0.29, 0.717) is 19.6 Å². The molecule has 5 N–H and O–H groups in total. The van der Waals surface area contributed by atoms with Crippen LogP contribution in [-0.4, -0.2) is 70.8 Å². The fourth-order valence-electron chi connectivity index (χ4n) is 4.02. The van der Waals surface area contributed by atoms with Gasteiger partial charge in [-0.05, 0) is 19.3 Å². The van der Waals surface area contributed by atoms with Crippen molar-refractivity contribution in [1.29, 1.82) is 0 Å². The Labute approximate surface area is 223 Å². The molecule has 0 aromatic rings. The fourth-order valence-corrected chi connectivity index (χ4v) is 4.02. The van der Waals surface area contributed by atoms with Crippen molar-refractivity contribution in [1.82, 2.24) is 0 Å². The average molecular weight is 521 g/mol. The molecule has 0 rings (SSSR count). The van der Waals surface area contributed by atoms with Gasteiger partial charge in [-0.1, -0.05) is 124 Å². The molecule has 0 aromatic carbocycles. The van der Waals surface area contributed by atoms with Gasteiger partial charge in [0.05, 0.1) is 45.2 Å². The van der Waals surface area contributed by atoms with Gasteiger partial charge < -0.3 is 30.3 Å². The van der Waals surface area contributed by atoms with E-state index in [9.17, 15) is 10.2 Å². The highest BCUT2D eigenvalue weighted by Gasteiger charge is 2.24. The lowest BCUT2D eigenvalue weighted by Gasteiger charge is -2.24. The molecule has 0 spiro atoms. The minimum Gasteiger partial charge on any atom is -0.396 e. The van der Waals surface area contributed by atoms with E-state index < -0.39 is 5.41 Å². The second kappa shape index (κ2) is 29.3. The van der Waals surface area contributed by atoms with Gasteiger partial charge in [-0.3, -0.25) is 0 Å². The molecule has 6 nitrogen and oxygen atoms in total. The van der Waals surface area contributed by atoms with E-state index >= 15 is 0 Å². The molecule has 36 heavy (non-hydrogen) atoms. The maximum absolute atomic E-state index is 9.96. The van der Waals surface area contributed by atoms with Crippen LogP contribution in [0.1, 0.15) is 143 Å². The number of hydrogen-bond acceptors (Lipinski definition) is 6. The van der Waals surface area contributed by atoms with Crippen LogP contribution in [0.25, 0.3) is 0 Å². The zero-order chi connectivity index (χ0) is 27.3. The van der Waals surface area contributed by atoms with Crippen molar-refractivity contribution < 1.29 is 30.3 Å². The Hall–Kier alpha value is -0.240. The summed E-state index contributed by atoms with van der Waals surface area (Å²) >= 11 is 0. The van der Waals surface area contributed by atoms with Gasteiger partial charge in [0.25, 0.3) is 0 Å². The molecule has 0 saturated heterocycles. The summed E-state index contributed by atoms with van der Waals surface area (Å²) in [7, 11) is 0. The summed E-state index contributed by atoms with van der Waals surface area (Å²) < 4.78 is 5.50. The van der Waals surface area contributed by atoms with Gasteiger partial charge in [-0.25, -0.2) is 0 Å². The summed E-state index contributed by atoms with van der Waals surface area (Å²) in [5, 5.41) is 45.9. The van der Waals surface area contributed by atoms with Crippen molar-refractivity contribution in [3.05, 3.63) is 0 Å². The number of ether oxygens (including phenoxy) is 1. The van der Waals surface area contributed by atoms with Crippen molar-refractivity contribution >= 4 is 0 Å². The third kappa shape index (κ3) is 25.4. The minimum atomic E-state index is -0.667. The Morgan fingerprint density at radius 1 is 0.500 bits per heavy atom. The van der Waals surface area contributed by atoms with Crippen LogP contribution in [0.4, 0.5) is 0 Å². The van der Waals surface area contributed by atoms with Crippen molar-refractivity contribution in [3.8, 4) is 0 Å². The Bertz CT molecular complexity index is 359. The molecule has 0 aliphatic rings. The highest BCUT2D eigenvalue weighted by atomic mass is 16.5. The SMILES string of the molecule is CCC(CO)(CO)CO.CCCCCCCCCCC(O)COCC(O)CCCCCCCCCC. The van der Waals surface area contributed by atoms with E-state index in [1.807, 2.05) is 6.92 Å². The van der Waals surface area contributed by atoms with Crippen LogP contribution in [0.5, 0.6) is 0 Å². The predicted molar refractivity (Wildman–Crippen MR) is 151 cm³/mol. The van der Waals surface area contributed by atoms with E-state index in [1.54, 1.807) is 0 Å². The van der Waals surface area contributed by atoms with Crippen molar-refractivity contribution in [2.45, 2.75) is 155 Å². The molecule has 0 aromatic heterocycles. The fraction of sp³-hybridized carbons (Fsp3) is 1.00. The minimum absolute atomic E-state index is 0.156. The van der Waals surface area contributed by atoms with Gasteiger partial charge in [0.15, 0.2) is 0 Å². The molecule has 0 fully saturated rings.